The van der Waals surface area contributed by atoms with Crippen LogP contribution in [0.2, 0.25) is 0 Å². The number of nitrogens with one attached hydrogen (secondary N) is 1. The molecule has 2 unspecified atom stereocenters. The minimum Gasteiger partial charge on any atom is -0.465 e. The van der Waals surface area contributed by atoms with Gasteiger partial charge in [-0.2, -0.15) is 0 Å². The van der Waals surface area contributed by atoms with Gasteiger partial charge in [0, 0.05) is 12.2 Å². The van der Waals surface area contributed by atoms with Crippen LogP contribution < -0.4 is 5.32 Å². The first-order valence-corrected chi connectivity index (χ1v) is 9.27. The Morgan fingerprint density at radius 1 is 1.09 bits per heavy atom. The number of carbonyl (C=O) groups is 1. The average molecular weight is 441 g/mol. The fourth-order valence-electron chi connectivity index (χ4n) is 2.10. The molecular weight excluding hydrogens is 422 g/mol. The molecule has 2 aromatic carbocycles. The van der Waals surface area contributed by atoms with Crippen LogP contribution >= 0.6 is 31.9 Å². The van der Waals surface area contributed by atoms with Crippen LogP contribution in [0.5, 0.6) is 0 Å². The number of ether oxygens (including phenoxy) is 1. The molecule has 1 N–H and O–H groups in total. The van der Waals surface area contributed by atoms with Crippen molar-refractivity contribution in [2.24, 2.45) is 0 Å². The number of hydrogen-bond acceptors (Lipinski definition) is 3. The van der Waals surface area contributed by atoms with Crippen LogP contribution in [0.15, 0.2) is 54.6 Å². The van der Waals surface area contributed by atoms with Crippen molar-refractivity contribution in [2.45, 2.75) is 23.1 Å². The summed E-state index contributed by atoms with van der Waals surface area (Å²) in [6.45, 7) is 2.96. The van der Waals surface area contributed by atoms with E-state index in [1.807, 2.05) is 42.5 Å². The van der Waals surface area contributed by atoms with Crippen LogP contribution in [-0.4, -0.2) is 17.4 Å². The number of carbonyl (C=O) groups excluding carboxylic acids is 1. The standard InChI is InChI=1S/C18H19Br2NO2/c1-2-23-18(22)17(20)16(19)14-8-10-15(11-9-14)21-12-13-6-4-3-5-7-13/h3-11,16-17,21H,2,12H2,1H3. The molecule has 3 nitrogen and oxygen atoms in total. The van der Waals surface area contributed by atoms with Crippen molar-refractivity contribution in [3.8, 4) is 0 Å². The highest BCUT2D eigenvalue weighted by molar-refractivity contribution is 9.12. The van der Waals surface area contributed by atoms with E-state index in [0.717, 1.165) is 17.8 Å². The van der Waals surface area contributed by atoms with Crippen LogP contribution in [0.25, 0.3) is 0 Å². The van der Waals surface area contributed by atoms with Crippen molar-refractivity contribution in [3.05, 3.63) is 65.7 Å². The van der Waals surface area contributed by atoms with Crippen molar-refractivity contribution < 1.29 is 9.53 Å². The second kappa shape index (κ2) is 9.08. The maximum atomic E-state index is 11.8. The minimum atomic E-state index is -0.412. The van der Waals surface area contributed by atoms with Gasteiger partial charge in [-0.25, -0.2) is 0 Å². The smallest absolute Gasteiger partial charge is 0.321 e. The molecule has 0 aromatic heterocycles. The Labute approximate surface area is 153 Å². The van der Waals surface area contributed by atoms with Gasteiger partial charge >= 0.3 is 5.97 Å². The molecule has 5 heteroatoms. The van der Waals surface area contributed by atoms with Crippen molar-refractivity contribution in [2.75, 3.05) is 11.9 Å². The highest BCUT2D eigenvalue weighted by Gasteiger charge is 2.26. The number of anilines is 1. The maximum Gasteiger partial charge on any atom is 0.321 e. The fraction of sp³-hybridized carbons (Fsp3) is 0.278. The highest BCUT2D eigenvalue weighted by atomic mass is 79.9. The molecule has 0 radical (unpaired) electrons. The van der Waals surface area contributed by atoms with Gasteiger partial charge in [0.05, 0.1) is 11.4 Å². The maximum absolute atomic E-state index is 11.8. The topological polar surface area (TPSA) is 38.3 Å². The van der Waals surface area contributed by atoms with Crippen LogP contribution in [0.3, 0.4) is 0 Å². The number of alkyl halides is 2. The summed E-state index contributed by atoms with van der Waals surface area (Å²) in [6.07, 6.45) is 0. The molecule has 0 aliphatic heterocycles. The summed E-state index contributed by atoms with van der Waals surface area (Å²) < 4.78 is 5.03. The van der Waals surface area contributed by atoms with E-state index in [1.165, 1.54) is 5.56 Å². The number of benzene rings is 2. The van der Waals surface area contributed by atoms with Crippen LogP contribution in [0.1, 0.15) is 22.9 Å². The molecule has 0 saturated heterocycles. The lowest BCUT2D eigenvalue weighted by Gasteiger charge is -2.16. The molecule has 2 atom stereocenters. The van der Waals surface area contributed by atoms with Crippen LogP contribution in [0, 0.1) is 0 Å². The zero-order valence-electron chi connectivity index (χ0n) is 12.8. The summed E-state index contributed by atoms with van der Waals surface area (Å²) in [7, 11) is 0. The Kier molecular flexibility index (Phi) is 7.12. The third-order valence-electron chi connectivity index (χ3n) is 3.34. The zero-order chi connectivity index (χ0) is 16.7. The molecule has 0 aliphatic rings. The van der Waals surface area contributed by atoms with Crippen molar-refractivity contribution in [1.82, 2.24) is 0 Å². The Bertz CT molecular complexity index is 617. The van der Waals surface area contributed by atoms with Gasteiger partial charge in [-0.15, -0.1) is 0 Å². The van der Waals surface area contributed by atoms with E-state index in [4.69, 9.17) is 4.74 Å². The summed E-state index contributed by atoms with van der Waals surface area (Å²) >= 11 is 6.94. The van der Waals surface area contributed by atoms with E-state index in [2.05, 4.69) is 49.3 Å². The van der Waals surface area contributed by atoms with Crippen molar-refractivity contribution in [3.63, 3.8) is 0 Å². The molecule has 122 valence electrons. The second-order valence-corrected chi connectivity index (χ2v) is 6.99. The number of halogens is 2. The Morgan fingerprint density at radius 3 is 2.35 bits per heavy atom. The van der Waals surface area contributed by atoms with E-state index in [1.54, 1.807) is 6.92 Å². The lowest BCUT2D eigenvalue weighted by molar-refractivity contribution is -0.142. The lowest BCUT2D eigenvalue weighted by Crippen LogP contribution is -2.21. The molecule has 0 spiro atoms. The van der Waals surface area contributed by atoms with E-state index < -0.39 is 4.83 Å². The summed E-state index contributed by atoms with van der Waals surface area (Å²) in [6, 6.07) is 18.3. The monoisotopic (exact) mass is 439 g/mol. The lowest BCUT2D eigenvalue weighted by atomic mass is 10.1. The van der Waals surface area contributed by atoms with Gasteiger partial charge in [0.2, 0.25) is 0 Å². The minimum absolute atomic E-state index is 0.135. The molecule has 0 fully saturated rings. The Balaban J connectivity index is 1.94. The van der Waals surface area contributed by atoms with E-state index in [-0.39, 0.29) is 10.8 Å². The van der Waals surface area contributed by atoms with Gasteiger partial charge in [-0.1, -0.05) is 74.3 Å². The van der Waals surface area contributed by atoms with E-state index in [9.17, 15) is 4.79 Å². The molecule has 23 heavy (non-hydrogen) atoms. The van der Waals surface area contributed by atoms with Gasteiger partial charge in [0.15, 0.2) is 0 Å². The summed E-state index contributed by atoms with van der Waals surface area (Å²) in [4.78, 5) is 11.2. The first kappa shape index (κ1) is 18.0. The molecule has 0 aliphatic carbocycles. The summed E-state index contributed by atoms with van der Waals surface area (Å²) in [5.41, 5.74) is 3.29. The fourth-order valence-corrected chi connectivity index (χ4v) is 3.05. The van der Waals surface area contributed by atoms with E-state index >= 15 is 0 Å². The molecule has 0 heterocycles. The first-order chi connectivity index (χ1) is 11.1. The van der Waals surface area contributed by atoms with Gasteiger partial charge < -0.3 is 10.1 Å². The SMILES string of the molecule is CCOC(=O)C(Br)C(Br)c1ccc(NCc2ccccc2)cc1. The molecule has 0 amide bonds. The van der Waals surface area contributed by atoms with Crippen LogP contribution in [-0.2, 0) is 16.1 Å². The summed E-state index contributed by atoms with van der Waals surface area (Å²) in [5.74, 6) is -0.263. The third-order valence-corrected chi connectivity index (χ3v) is 6.01. The number of rotatable bonds is 7. The molecule has 0 saturated carbocycles. The Hall–Kier alpha value is -1.33. The highest BCUT2D eigenvalue weighted by Crippen LogP contribution is 2.32. The summed E-state index contributed by atoms with van der Waals surface area (Å²) in [5, 5.41) is 3.38. The largest absolute Gasteiger partial charge is 0.465 e. The van der Waals surface area contributed by atoms with E-state index in [0.29, 0.717) is 6.61 Å². The van der Waals surface area contributed by atoms with Gasteiger partial charge in [0.1, 0.15) is 4.83 Å². The first-order valence-electron chi connectivity index (χ1n) is 7.44. The van der Waals surface area contributed by atoms with Crippen molar-refractivity contribution in [1.29, 1.82) is 0 Å². The average Bonchev–Trinajstić information content (AvgIpc) is 2.60. The van der Waals surface area contributed by atoms with Crippen LogP contribution in [0.4, 0.5) is 5.69 Å². The van der Waals surface area contributed by atoms with Crippen molar-refractivity contribution >= 4 is 43.5 Å². The second-order valence-electron chi connectivity index (χ2n) is 5.02. The molecule has 2 aromatic rings. The predicted octanol–water partition coefficient (Wildman–Crippen LogP) is 5.06. The Morgan fingerprint density at radius 2 is 1.74 bits per heavy atom. The number of hydrogen-bond donors (Lipinski definition) is 1. The quantitative estimate of drug-likeness (QED) is 0.482. The predicted molar refractivity (Wildman–Crippen MR) is 101 cm³/mol. The molecule has 2 rings (SSSR count). The van der Waals surface area contributed by atoms with Gasteiger partial charge in [-0.05, 0) is 30.2 Å². The zero-order valence-corrected chi connectivity index (χ0v) is 16.0. The normalized spacial score (nSPS) is 13.2. The van der Waals surface area contributed by atoms with Gasteiger partial charge in [-0.3, -0.25) is 4.79 Å². The molecule has 0 bridgehead atoms. The number of esters is 1. The molecular formula is C18H19Br2NO2. The van der Waals surface area contributed by atoms with Gasteiger partial charge in [0.25, 0.3) is 0 Å². The third kappa shape index (κ3) is 5.36.